The second-order valence-corrected chi connectivity index (χ2v) is 5.37. The Morgan fingerprint density at radius 2 is 1.32 bits per heavy atom. The van der Waals surface area contributed by atoms with Gasteiger partial charge in [-0.1, -0.05) is 60.7 Å². The lowest BCUT2D eigenvalue weighted by Gasteiger charge is -2.01. The van der Waals surface area contributed by atoms with Crippen molar-refractivity contribution < 1.29 is 9.59 Å². The lowest BCUT2D eigenvalue weighted by molar-refractivity contribution is -0.109. The van der Waals surface area contributed by atoms with E-state index in [9.17, 15) is 9.59 Å². The largest absolute Gasteiger partial charge is 0.285 e. The summed E-state index contributed by atoms with van der Waals surface area (Å²) in [6.45, 7) is 0. The Hall–Kier alpha value is -3.00. The van der Waals surface area contributed by atoms with Crippen molar-refractivity contribution in [1.82, 2.24) is 0 Å². The summed E-state index contributed by atoms with van der Waals surface area (Å²) in [5, 5.41) is 2.26. The highest BCUT2D eigenvalue weighted by Gasteiger charge is 2.32. The van der Waals surface area contributed by atoms with E-state index < -0.39 is 11.6 Å². The van der Waals surface area contributed by atoms with Crippen LogP contribution in [0.2, 0.25) is 0 Å². The van der Waals surface area contributed by atoms with E-state index in [1.54, 1.807) is 18.2 Å². The molecule has 0 spiro atoms. The number of benzene rings is 3. The van der Waals surface area contributed by atoms with Gasteiger partial charge in [0.15, 0.2) is 0 Å². The van der Waals surface area contributed by atoms with Gasteiger partial charge in [-0.3, -0.25) is 9.59 Å². The molecule has 0 saturated heterocycles. The van der Waals surface area contributed by atoms with E-state index >= 15 is 0 Å². The molecule has 4 rings (SSSR count). The summed E-state index contributed by atoms with van der Waals surface area (Å²) in [5.74, 6) is -0.836. The molecule has 0 amide bonds. The molecule has 0 aromatic heterocycles. The molecule has 0 fully saturated rings. The number of fused-ring (bicyclic) bond motifs is 2. The second-order valence-electron chi connectivity index (χ2n) is 5.37. The minimum atomic E-state index is -0.422. The number of ketones is 2. The minimum absolute atomic E-state index is 0.414. The van der Waals surface area contributed by atoms with Gasteiger partial charge in [0.05, 0.1) is 0 Å². The van der Waals surface area contributed by atoms with Gasteiger partial charge >= 0.3 is 0 Å². The van der Waals surface area contributed by atoms with Crippen LogP contribution in [0.1, 0.15) is 21.5 Å². The minimum Gasteiger partial charge on any atom is -0.285 e. The maximum absolute atomic E-state index is 12.2. The van der Waals surface area contributed by atoms with Gasteiger partial charge in [-0.2, -0.15) is 0 Å². The molecule has 0 aliphatic heterocycles. The molecule has 22 heavy (non-hydrogen) atoms. The van der Waals surface area contributed by atoms with Crippen LogP contribution in [0.25, 0.3) is 22.4 Å². The van der Waals surface area contributed by atoms with Crippen LogP contribution in [0.3, 0.4) is 0 Å². The third-order valence-corrected chi connectivity index (χ3v) is 4.00. The van der Waals surface area contributed by atoms with E-state index in [-0.39, 0.29) is 0 Å². The highest BCUT2D eigenvalue weighted by atomic mass is 16.2. The fourth-order valence-electron chi connectivity index (χ4n) is 2.89. The predicted molar refractivity (Wildman–Crippen MR) is 87.6 cm³/mol. The molecular weight excluding hydrogens is 272 g/mol. The van der Waals surface area contributed by atoms with Gasteiger partial charge in [0, 0.05) is 11.1 Å². The Bertz CT molecular complexity index is 964. The summed E-state index contributed by atoms with van der Waals surface area (Å²) in [6.07, 6.45) is 1.80. The van der Waals surface area contributed by atoms with E-state index in [0.717, 1.165) is 21.9 Å². The molecule has 1 aliphatic rings. The van der Waals surface area contributed by atoms with E-state index in [2.05, 4.69) is 0 Å². The first-order valence-corrected chi connectivity index (χ1v) is 7.13. The number of hydrogen-bond acceptors (Lipinski definition) is 2. The maximum Gasteiger partial charge on any atom is 0.234 e. The Labute approximate surface area is 127 Å². The first kappa shape index (κ1) is 12.7. The van der Waals surface area contributed by atoms with Gasteiger partial charge in [-0.05, 0) is 34.0 Å². The standard InChI is InChI=1S/C20H12O2/c21-19-17-8-4-3-7-16(17)18(20(19)22)12-13-9-10-14-5-1-2-6-15(14)11-13/h1-12H/b18-12-. The number of rotatable bonds is 1. The van der Waals surface area contributed by atoms with Crippen LogP contribution < -0.4 is 0 Å². The van der Waals surface area contributed by atoms with Crippen LogP contribution in [-0.4, -0.2) is 11.6 Å². The summed E-state index contributed by atoms with van der Waals surface area (Å²) < 4.78 is 0. The summed E-state index contributed by atoms with van der Waals surface area (Å²) >= 11 is 0. The fourth-order valence-corrected chi connectivity index (χ4v) is 2.89. The van der Waals surface area contributed by atoms with Crippen LogP contribution in [0, 0.1) is 0 Å². The average Bonchev–Trinajstić information content (AvgIpc) is 2.80. The summed E-state index contributed by atoms with van der Waals surface area (Å²) in [7, 11) is 0. The highest BCUT2D eigenvalue weighted by Crippen LogP contribution is 2.31. The lowest BCUT2D eigenvalue weighted by Crippen LogP contribution is -2.05. The number of Topliss-reactive ketones (excluding diaryl/α,β-unsaturated/α-hetero) is 2. The molecule has 3 aromatic rings. The van der Waals surface area contributed by atoms with Crippen LogP contribution in [0.15, 0.2) is 66.7 Å². The zero-order valence-electron chi connectivity index (χ0n) is 11.7. The third kappa shape index (κ3) is 1.89. The monoisotopic (exact) mass is 284 g/mol. The van der Waals surface area contributed by atoms with Crippen molar-refractivity contribution in [2.24, 2.45) is 0 Å². The molecule has 2 nitrogen and oxygen atoms in total. The molecular formula is C20H12O2. The summed E-state index contributed by atoms with van der Waals surface area (Å²) in [6, 6.07) is 21.2. The third-order valence-electron chi connectivity index (χ3n) is 4.00. The molecule has 104 valence electrons. The van der Waals surface area contributed by atoms with Gasteiger partial charge in [-0.25, -0.2) is 0 Å². The van der Waals surface area contributed by atoms with Crippen LogP contribution in [0.4, 0.5) is 0 Å². The Morgan fingerprint density at radius 1 is 0.636 bits per heavy atom. The second kappa shape index (κ2) is 4.78. The van der Waals surface area contributed by atoms with Crippen LogP contribution >= 0.6 is 0 Å². The Kier molecular flexibility index (Phi) is 2.76. The Balaban J connectivity index is 1.88. The number of carbonyl (C=O) groups excluding carboxylic acids is 2. The van der Waals surface area contributed by atoms with Crippen molar-refractivity contribution in [3.63, 3.8) is 0 Å². The van der Waals surface area contributed by atoms with Gasteiger partial charge in [0.1, 0.15) is 0 Å². The van der Waals surface area contributed by atoms with Crippen molar-refractivity contribution in [2.45, 2.75) is 0 Å². The molecule has 0 atom stereocenters. The summed E-state index contributed by atoms with van der Waals surface area (Å²) in [4.78, 5) is 24.2. The zero-order valence-corrected chi connectivity index (χ0v) is 11.7. The number of hydrogen-bond donors (Lipinski definition) is 0. The molecule has 0 N–H and O–H groups in total. The van der Waals surface area contributed by atoms with Crippen molar-refractivity contribution in [3.05, 3.63) is 83.4 Å². The van der Waals surface area contributed by atoms with E-state index in [4.69, 9.17) is 0 Å². The van der Waals surface area contributed by atoms with Gasteiger partial charge < -0.3 is 0 Å². The molecule has 1 aliphatic carbocycles. The fraction of sp³-hybridized carbons (Fsp3) is 0. The van der Waals surface area contributed by atoms with E-state index in [1.165, 1.54) is 0 Å². The number of carbonyl (C=O) groups is 2. The Morgan fingerprint density at radius 3 is 2.14 bits per heavy atom. The normalized spacial score (nSPS) is 15.5. The smallest absolute Gasteiger partial charge is 0.234 e. The maximum atomic E-state index is 12.2. The van der Waals surface area contributed by atoms with Crippen molar-refractivity contribution in [3.8, 4) is 0 Å². The first-order chi connectivity index (χ1) is 10.7. The molecule has 0 unspecified atom stereocenters. The number of allylic oxidation sites excluding steroid dienone is 1. The predicted octanol–water partition coefficient (Wildman–Crippen LogP) is 4.15. The highest BCUT2D eigenvalue weighted by molar-refractivity contribution is 6.64. The van der Waals surface area contributed by atoms with Crippen LogP contribution in [-0.2, 0) is 4.79 Å². The van der Waals surface area contributed by atoms with Crippen molar-refractivity contribution in [2.75, 3.05) is 0 Å². The molecule has 3 aromatic carbocycles. The quantitative estimate of drug-likeness (QED) is 0.497. The van der Waals surface area contributed by atoms with Gasteiger partial charge in [0.2, 0.25) is 11.6 Å². The topological polar surface area (TPSA) is 34.1 Å². The average molecular weight is 284 g/mol. The lowest BCUT2D eigenvalue weighted by atomic mass is 10.0. The molecule has 0 heterocycles. The summed E-state index contributed by atoms with van der Waals surface area (Å²) in [5.41, 5.74) is 2.63. The molecule has 2 heteroatoms. The molecule has 0 radical (unpaired) electrons. The van der Waals surface area contributed by atoms with Gasteiger partial charge in [0.25, 0.3) is 0 Å². The van der Waals surface area contributed by atoms with Crippen molar-refractivity contribution >= 4 is 34.0 Å². The van der Waals surface area contributed by atoms with Crippen LogP contribution in [0.5, 0.6) is 0 Å². The van der Waals surface area contributed by atoms with E-state index in [0.29, 0.717) is 11.1 Å². The first-order valence-electron chi connectivity index (χ1n) is 7.13. The van der Waals surface area contributed by atoms with E-state index in [1.807, 2.05) is 54.6 Å². The molecule has 0 saturated carbocycles. The van der Waals surface area contributed by atoms with Gasteiger partial charge in [-0.15, -0.1) is 0 Å². The molecule has 0 bridgehead atoms. The van der Waals surface area contributed by atoms with Crippen molar-refractivity contribution in [1.29, 1.82) is 0 Å². The SMILES string of the molecule is O=C1C(=O)c2ccccc2/C1=C/c1ccc2ccccc2c1. The zero-order chi connectivity index (χ0) is 15.1.